The van der Waals surface area contributed by atoms with Crippen LogP contribution in [-0.2, 0) is 0 Å². The lowest BCUT2D eigenvalue weighted by atomic mass is 9.49. The summed E-state index contributed by atoms with van der Waals surface area (Å²) in [4.78, 5) is 0. The number of allylic oxidation sites excluding steroid dienone is 1. The largest absolute Gasteiger partial charge is 0.392 e. The molecule has 0 aromatic carbocycles. The summed E-state index contributed by atoms with van der Waals surface area (Å²) in [6.45, 7) is 9.39. The van der Waals surface area contributed by atoms with Crippen LogP contribution in [-0.4, -0.2) is 11.2 Å². The molecule has 4 atom stereocenters. The van der Waals surface area contributed by atoms with Gasteiger partial charge in [0.1, 0.15) is 0 Å². The van der Waals surface area contributed by atoms with Crippen LogP contribution in [0.5, 0.6) is 0 Å². The smallest absolute Gasteiger partial charge is 0.0639 e. The third-order valence-electron chi connectivity index (χ3n) is 5.66. The Hall–Kier alpha value is -0.300. The van der Waals surface area contributed by atoms with Crippen molar-refractivity contribution in [3.05, 3.63) is 12.2 Å². The van der Waals surface area contributed by atoms with Gasteiger partial charge in [-0.05, 0) is 36.5 Å². The van der Waals surface area contributed by atoms with Crippen LogP contribution in [0.3, 0.4) is 0 Å². The number of hydrogen-bond acceptors (Lipinski definition) is 1. The maximum Gasteiger partial charge on any atom is 0.0639 e. The van der Waals surface area contributed by atoms with Crippen molar-refractivity contribution in [2.24, 2.45) is 22.7 Å². The Morgan fingerprint density at radius 2 is 1.88 bits per heavy atom. The molecule has 2 aliphatic rings. The fourth-order valence-electron chi connectivity index (χ4n) is 4.20. The van der Waals surface area contributed by atoms with Crippen LogP contribution in [0.2, 0.25) is 0 Å². The summed E-state index contributed by atoms with van der Waals surface area (Å²) in [6.07, 6.45) is 8.97. The number of aliphatic hydroxyl groups is 1. The molecule has 1 saturated carbocycles. The Balaban J connectivity index is 2.38. The van der Waals surface area contributed by atoms with E-state index in [1.165, 1.54) is 19.3 Å². The predicted molar refractivity (Wildman–Crippen MR) is 68.2 cm³/mol. The van der Waals surface area contributed by atoms with Gasteiger partial charge < -0.3 is 5.11 Å². The topological polar surface area (TPSA) is 20.2 Å². The lowest BCUT2D eigenvalue weighted by Gasteiger charge is -2.57. The third-order valence-corrected chi connectivity index (χ3v) is 5.66. The second-order valence-electron chi connectivity index (χ2n) is 6.64. The number of rotatable bonds is 0. The minimum atomic E-state index is -0.137. The summed E-state index contributed by atoms with van der Waals surface area (Å²) in [5.41, 5.74) is 0.509. The van der Waals surface area contributed by atoms with Crippen molar-refractivity contribution in [3.63, 3.8) is 0 Å². The quantitative estimate of drug-likeness (QED) is 0.618. The van der Waals surface area contributed by atoms with E-state index in [1.54, 1.807) is 0 Å². The van der Waals surface area contributed by atoms with Gasteiger partial charge in [0.25, 0.3) is 0 Å². The van der Waals surface area contributed by atoms with Crippen molar-refractivity contribution in [2.75, 3.05) is 0 Å². The zero-order valence-electron chi connectivity index (χ0n) is 11.2. The molecule has 0 saturated heterocycles. The van der Waals surface area contributed by atoms with Gasteiger partial charge in [0, 0.05) is 5.41 Å². The van der Waals surface area contributed by atoms with E-state index in [4.69, 9.17) is 0 Å². The van der Waals surface area contributed by atoms with E-state index in [1.807, 2.05) is 0 Å². The Bertz CT molecular complexity index is 292. The zero-order chi connectivity index (χ0) is 12.0. The van der Waals surface area contributed by atoms with Gasteiger partial charge in [-0.1, -0.05) is 46.3 Å². The van der Waals surface area contributed by atoms with Crippen molar-refractivity contribution < 1.29 is 5.11 Å². The van der Waals surface area contributed by atoms with Crippen LogP contribution in [0.4, 0.5) is 0 Å². The summed E-state index contributed by atoms with van der Waals surface area (Å²) in [6, 6.07) is 0. The molecular weight excluding hydrogens is 196 g/mol. The third kappa shape index (κ3) is 1.55. The van der Waals surface area contributed by atoms with Crippen LogP contribution in [0, 0.1) is 22.7 Å². The van der Waals surface area contributed by atoms with Crippen molar-refractivity contribution in [1.82, 2.24) is 0 Å². The van der Waals surface area contributed by atoms with Crippen LogP contribution in [0.1, 0.15) is 53.4 Å². The molecule has 1 nitrogen and oxygen atoms in total. The van der Waals surface area contributed by atoms with E-state index in [0.29, 0.717) is 17.3 Å². The average molecular weight is 222 g/mol. The molecule has 92 valence electrons. The first kappa shape index (κ1) is 12.2. The summed E-state index contributed by atoms with van der Waals surface area (Å²) in [5.74, 6) is 1.12. The first-order chi connectivity index (χ1) is 7.41. The highest BCUT2D eigenvalue weighted by molar-refractivity contribution is 5.12. The molecule has 0 aromatic rings. The van der Waals surface area contributed by atoms with Crippen molar-refractivity contribution in [2.45, 2.75) is 59.5 Å². The molecule has 1 N–H and O–H groups in total. The van der Waals surface area contributed by atoms with Crippen LogP contribution in [0.15, 0.2) is 12.2 Å². The molecule has 2 aliphatic carbocycles. The standard InChI is InChI=1S/C15H26O/c1-11-7-5-8-13(16)15(11)10-6-9-14(3,4)12(15)2/h5,7,11-13,16H,6,8-10H2,1-4H3. The summed E-state index contributed by atoms with van der Waals surface area (Å²) < 4.78 is 0. The maximum absolute atomic E-state index is 10.5. The van der Waals surface area contributed by atoms with E-state index >= 15 is 0 Å². The van der Waals surface area contributed by atoms with Gasteiger partial charge >= 0.3 is 0 Å². The molecule has 2 rings (SSSR count). The van der Waals surface area contributed by atoms with E-state index in [2.05, 4.69) is 39.8 Å². The number of hydrogen-bond donors (Lipinski definition) is 1. The predicted octanol–water partition coefficient (Wildman–Crippen LogP) is 3.78. The van der Waals surface area contributed by atoms with E-state index < -0.39 is 0 Å². The molecule has 1 heteroatoms. The van der Waals surface area contributed by atoms with E-state index in [9.17, 15) is 5.11 Å². The Labute approximate surface area is 99.9 Å². The first-order valence-electron chi connectivity index (χ1n) is 6.76. The summed E-state index contributed by atoms with van der Waals surface area (Å²) in [5, 5.41) is 10.5. The maximum atomic E-state index is 10.5. The number of aliphatic hydroxyl groups excluding tert-OH is 1. The minimum absolute atomic E-state index is 0.135. The molecule has 4 unspecified atom stereocenters. The van der Waals surface area contributed by atoms with Crippen molar-refractivity contribution >= 4 is 0 Å². The molecule has 0 aromatic heterocycles. The van der Waals surface area contributed by atoms with Crippen molar-refractivity contribution in [3.8, 4) is 0 Å². The summed E-state index contributed by atoms with van der Waals surface area (Å²) in [7, 11) is 0. The lowest BCUT2D eigenvalue weighted by Crippen LogP contribution is -2.53. The van der Waals surface area contributed by atoms with Crippen molar-refractivity contribution in [1.29, 1.82) is 0 Å². The van der Waals surface area contributed by atoms with E-state index in [0.717, 1.165) is 6.42 Å². The zero-order valence-corrected chi connectivity index (χ0v) is 11.2. The van der Waals surface area contributed by atoms with Gasteiger partial charge in [-0.15, -0.1) is 0 Å². The molecule has 0 radical (unpaired) electrons. The fourth-order valence-corrected chi connectivity index (χ4v) is 4.20. The van der Waals surface area contributed by atoms with Gasteiger partial charge in [-0.25, -0.2) is 0 Å². The first-order valence-corrected chi connectivity index (χ1v) is 6.76. The highest BCUT2D eigenvalue weighted by Gasteiger charge is 2.53. The molecule has 0 amide bonds. The van der Waals surface area contributed by atoms with Crippen LogP contribution < -0.4 is 0 Å². The Morgan fingerprint density at radius 1 is 1.19 bits per heavy atom. The molecule has 1 fully saturated rings. The van der Waals surface area contributed by atoms with Gasteiger partial charge in [-0.2, -0.15) is 0 Å². The molecule has 16 heavy (non-hydrogen) atoms. The monoisotopic (exact) mass is 222 g/mol. The second kappa shape index (κ2) is 3.87. The molecule has 1 spiro atoms. The van der Waals surface area contributed by atoms with Crippen LogP contribution >= 0.6 is 0 Å². The summed E-state index contributed by atoms with van der Waals surface area (Å²) >= 11 is 0. The normalized spacial score (nSPS) is 47.2. The average Bonchev–Trinajstić information content (AvgIpc) is 2.20. The van der Waals surface area contributed by atoms with E-state index in [-0.39, 0.29) is 11.5 Å². The molecule has 0 heterocycles. The SMILES string of the molecule is CC1C=CCC(O)C12CCCC(C)(C)C2C. The minimum Gasteiger partial charge on any atom is -0.392 e. The second-order valence-corrected chi connectivity index (χ2v) is 6.64. The lowest BCUT2D eigenvalue weighted by molar-refractivity contribution is -0.115. The Morgan fingerprint density at radius 3 is 2.50 bits per heavy atom. The van der Waals surface area contributed by atoms with Gasteiger partial charge in [0.2, 0.25) is 0 Å². The molecule has 0 aliphatic heterocycles. The van der Waals surface area contributed by atoms with Crippen LogP contribution in [0.25, 0.3) is 0 Å². The van der Waals surface area contributed by atoms with Gasteiger partial charge in [0.15, 0.2) is 0 Å². The molecule has 0 bridgehead atoms. The fraction of sp³-hybridized carbons (Fsp3) is 0.867. The Kier molecular flexibility index (Phi) is 2.94. The van der Waals surface area contributed by atoms with Gasteiger partial charge in [-0.3, -0.25) is 0 Å². The van der Waals surface area contributed by atoms with Gasteiger partial charge in [0.05, 0.1) is 6.10 Å². The highest BCUT2D eigenvalue weighted by atomic mass is 16.3. The molecular formula is C15H26O. The highest BCUT2D eigenvalue weighted by Crippen LogP contribution is 2.58.